The van der Waals surface area contributed by atoms with E-state index in [9.17, 15) is 4.39 Å². The molecule has 7 nitrogen and oxygen atoms in total. The summed E-state index contributed by atoms with van der Waals surface area (Å²) in [4.78, 5) is 13.5. The molecule has 164 valence electrons. The van der Waals surface area contributed by atoms with Crippen LogP contribution in [0, 0.1) is 12.7 Å². The monoisotopic (exact) mass is 431 g/mol. The van der Waals surface area contributed by atoms with Crippen molar-refractivity contribution in [1.82, 2.24) is 24.6 Å². The number of likely N-dealkylation sites (N-methyl/N-ethyl adjacent to an activating group) is 1. The number of benzene rings is 2. The number of aromatic nitrogens is 4. The lowest BCUT2D eigenvalue weighted by molar-refractivity contribution is 0.315. The van der Waals surface area contributed by atoms with Gasteiger partial charge in [-0.2, -0.15) is 5.10 Å². The highest BCUT2D eigenvalue weighted by Crippen LogP contribution is 2.28. The van der Waals surface area contributed by atoms with Crippen LogP contribution in [0.3, 0.4) is 0 Å². The van der Waals surface area contributed by atoms with E-state index in [0.717, 1.165) is 29.7 Å². The zero-order chi connectivity index (χ0) is 22.2. The molecule has 2 aromatic heterocycles. The first-order valence-electron chi connectivity index (χ1n) is 10.7. The highest BCUT2D eigenvalue weighted by molar-refractivity contribution is 5.89. The van der Waals surface area contributed by atoms with Crippen molar-refractivity contribution in [2.75, 3.05) is 37.4 Å². The second-order valence-electron chi connectivity index (χ2n) is 8.47. The Hall–Kier alpha value is -3.52. The van der Waals surface area contributed by atoms with Gasteiger partial charge in [0.05, 0.1) is 17.3 Å². The molecule has 8 heteroatoms. The van der Waals surface area contributed by atoms with Crippen LogP contribution in [-0.2, 0) is 0 Å². The molecule has 32 heavy (non-hydrogen) atoms. The molecule has 2 aromatic carbocycles. The summed E-state index contributed by atoms with van der Waals surface area (Å²) in [5, 5.41) is 8.55. The highest BCUT2D eigenvalue weighted by atomic mass is 19.1. The summed E-state index contributed by atoms with van der Waals surface area (Å²) < 4.78 is 15.5. The number of nitrogens with one attached hydrogen (secondary N) is 1. The summed E-state index contributed by atoms with van der Waals surface area (Å²) in [6.45, 7) is 4.03. The second kappa shape index (κ2) is 8.20. The first-order valence-corrected chi connectivity index (χ1v) is 10.7. The van der Waals surface area contributed by atoms with Gasteiger partial charge in [-0.1, -0.05) is 6.07 Å². The predicted octanol–water partition coefficient (Wildman–Crippen LogP) is 4.15. The zero-order valence-corrected chi connectivity index (χ0v) is 18.5. The normalized spacial score (nSPS) is 16.3. The third kappa shape index (κ3) is 3.78. The number of fused-ring (bicyclic) bond motifs is 1. The van der Waals surface area contributed by atoms with Crippen LogP contribution in [-0.4, -0.2) is 57.9 Å². The Morgan fingerprint density at radius 1 is 1.06 bits per heavy atom. The van der Waals surface area contributed by atoms with E-state index in [-0.39, 0.29) is 5.82 Å². The highest BCUT2D eigenvalue weighted by Gasteiger charge is 2.24. The van der Waals surface area contributed by atoms with Crippen LogP contribution in [0.1, 0.15) is 12.0 Å². The molecule has 1 atom stereocenters. The topological polar surface area (TPSA) is 62.1 Å². The van der Waals surface area contributed by atoms with Crippen molar-refractivity contribution in [3.05, 3.63) is 66.4 Å². The number of hydrogen-bond donors (Lipinski definition) is 1. The molecule has 0 amide bonds. The summed E-state index contributed by atoms with van der Waals surface area (Å²) in [5.41, 5.74) is 4.44. The molecular weight excluding hydrogens is 405 g/mol. The lowest BCUT2D eigenvalue weighted by atomic mass is 10.2. The van der Waals surface area contributed by atoms with Crippen molar-refractivity contribution < 1.29 is 4.39 Å². The fourth-order valence-electron chi connectivity index (χ4n) is 4.19. The molecule has 1 saturated heterocycles. The molecule has 4 aromatic rings. The molecule has 0 bridgehead atoms. The van der Waals surface area contributed by atoms with Crippen molar-refractivity contribution in [2.45, 2.75) is 19.4 Å². The third-order valence-corrected chi connectivity index (χ3v) is 6.17. The lowest BCUT2D eigenvalue weighted by Gasteiger charge is -2.22. The van der Waals surface area contributed by atoms with Crippen LogP contribution >= 0.6 is 0 Å². The van der Waals surface area contributed by atoms with Gasteiger partial charge in [0.15, 0.2) is 5.65 Å². The van der Waals surface area contributed by atoms with Crippen molar-refractivity contribution in [3.63, 3.8) is 0 Å². The van der Waals surface area contributed by atoms with Gasteiger partial charge in [0.1, 0.15) is 18.0 Å². The largest absolute Gasteiger partial charge is 0.370 e. The molecule has 1 fully saturated rings. The number of halogens is 1. The van der Waals surface area contributed by atoms with Gasteiger partial charge in [0, 0.05) is 30.5 Å². The smallest absolute Gasteiger partial charge is 0.168 e. The maximum Gasteiger partial charge on any atom is 0.168 e. The molecule has 0 saturated carbocycles. The fourth-order valence-corrected chi connectivity index (χ4v) is 4.19. The average Bonchev–Trinajstić information content (AvgIpc) is 3.45. The minimum atomic E-state index is -0.297. The first kappa shape index (κ1) is 20.4. The standard InChI is InChI=1S/C24H26FN7/c1-16-4-5-17(25)12-22(16)29-23-21-13-28-32(24(21)27-15-26-23)19-8-6-18(7-9-19)31-11-10-20(14-31)30(2)3/h4-9,12-13,15,20H,10-11,14H2,1-3H3,(H,26,27,29). The summed E-state index contributed by atoms with van der Waals surface area (Å²) in [5.74, 6) is 0.299. The molecule has 3 heterocycles. The van der Waals surface area contributed by atoms with E-state index < -0.39 is 0 Å². The van der Waals surface area contributed by atoms with Gasteiger partial charge >= 0.3 is 0 Å². The van der Waals surface area contributed by atoms with Gasteiger partial charge in [-0.25, -0.2) is 19.0 Å². The maximum atomic E-state index is 13.7. The van der Waals surface area contributed by atoms with E-state index in [4.69, 9.17) is 0 Å². The van der Waals surface area contributed by atoms with Gasteiger partial charge in [-0.05, 0) is 69.4 Å². The molecule has 1 unspecified atom stereocenters. The zero-order valence-electron chi connectivity index (χ0n) is 18.5. The Bertz CT molecular complexity index is 1250. The van der Waals surface area contributed by atoms with E-state index in [2.05, 4.69) is 68.5 Å². The molecule has 0 radical (unpaired) electrons. The molecule has 5 rings (SSSR count). The van der Waals surface area contributed by atoms with Crippen LogP contribution in [0.25, 0.3) is 16.7 Å². The van der Waals surface area contributed by atoms with Gasteiger partial charge in [0.25, 0.3) is 0 Å². The molecule has 1 N–H and O–H groups in total. The minimum Gasteiger partial charge on any atom is -0.370 e. The van der Waals surface area contributed by atoms with E-state index in [1.165, 1.54) is 30.6 Å². The van der Waals surface area contributed by atoms with E-state index >= 15 is 0 Å². The molecule has 1 aliphatic rings. The van der Waals surface area contributed by atoms with Crippen molar-refractivity contribution in [2.24, 2.45) is 0 Å². The Morgan fingerprint density at radius 3 is 2.59 bits per heavy atom. The van der Waals surface area contributed by atoms with E-state index in [0.29, 0.717) is 23.2 Å². The summed E-state index contributed by atoms with van der Waals surface area (Å²) in [6.07, 6.45) is 4.41. The second-order valence-corrected chi connectivity index (χ2v) is 8.47. The molecule has 0 aliphatic carbocycles. The summed E-state index contributed by atoms with van der Waals surface area (Å²) in [6, 6.07) is 13.6. The van der Waals surface area contributed by atoms with Gasteiger partial charge in [-0.3, -0.25) is 0 Å². The number of anilines is 3. The Balaban J connectivity index is 1.42. The van der Waals surface area contributed by atoms with Crippen LogP contribution in [0.15, 0.2) is 55.0 Å². The summed E-state index contributed by atoms with van der Waals surface area (Å²) in [7, 11) is 4.28. The van der Waals surface area contributed by atoms with Crippen LogP contribution < -0.4 is 10.2 Å². The van der Waals surface area contributed by atoms with E-state index in [1.807, 2.05) is 6.92 Å². The lowest BCUT2D eigenvalue weighted by Crippen LogP contribution is -2.31. The third-order valence-electron chi connectivity index (χ3n) is 6.17. The van der Waals surface area contributed by atoms with Crippen LogP contribution in [0.2, 0.25) is 0 Å². The Kier molecular flexibility index (Phi) is 5.22. The predicted molar refractivity (Wildman–Crippen MR) is 125 cm³/mol. The fraction of sp³-hybridized carbons (Fsp3) is 0.292. The Morgan fingerprint density at radius 2 is 1.84 bits per heavy atom. The molecular formula is C24H26FN7. The van der Waals surface area contributed by atoms with Gasteiger partial charge in [-0.15, -0.1) is 0 Å². The average molecular weight is 432 g/mol. The van der Waals surface area contributed by atoms with Crippen molar-refractivity contribution >= 4 is 28.2 Å². The van der Waals surface area contributed by atoms with Gasteiger partial charge in [0.2, 0.25) is 0 Å². The Labute approximate surface area is 186 Å². The number of nitrogens with zero attached hydrogens (tertiary/aromatic N) is 6. The molecule has 0 spiro atoms. The van der Waals surface area contributed by atoms with E-state index in [1.54, 1.807) is 16.9 Å². The molecule has 1 aliphatic heterocycles. The van der Waals surface area contributed by atoms with Crippen molar-refractivity contribution in [1.29, 1.82) is 0 Å². The van der Waals surface area contributed by atoms with Gasteiger partial charge < -0.3 is 15.1 Å². The minimum absolute atomic E-state index is 0.297. The van der Waals surface area contributed by atoms with Crippen LogP contribution in [0.4, 0.5) is 21.6 Å². The maximum absolute atomic E-state index is 13.7. The number of aryl methyl sites for hydroxylation is 1. The summed E-state index contributed by atoms with van der Waals surface area (Å²) >= 11 is 0. The SMILES string of the molecule is Cc1ccc(F)cc1Nc1ncnc2c1cnn2-c1ccc(N2CCC(N(C)C)C2)cc1. The van der Waals surface area contributed by atoms with Crippen molar-refractivity contribution in [3.8, 4) is 5.69 Å². The number of hydrogen-bond acceptors (Lipinski definition) is 6. The van der Waals surface area contributed by atoms with Crippen LogP contribution in [0.5, 0.6) is 0 Å². The number of rotatable bonds is 5. The quantitative estimate of drug-likeness (QED) is 0.512. The first-order chi connectivity index (χ1) is 15.5.